The monoisotopic (exact) mass is 274 g/mol. The number of piperidine rings is 2. The Balaban J connectivity index is 2.10. The highest BCUT2D eigenvalue weighted by Crippen LogP contribution is 2.30. The van der Waals surface area contributed by atoms with Crippen molar-refractivity contribution in [1.29, 1.82) is 0 Å². The molecule has 1 N–H and O–H groups in total. The summed E-state index contributed by atoms with van der Waals surface area (Å²) in [6, 6.07) is 0.165. The van der Waals surface area contributed by atoms with Crippen LogP contribution < -0.4 is 5.32 Å². The molecule has 2 rings (SSSR count). The summed E-state index contributed by atoms with van der Waals surface area (Å²) >= 11 is 0. The number of rotatable bonds is 1. The minimum absolute atomic E-state index is 0.100. The summed E-state index contributed by atoms with van der Waals surface area (Å²) in [7, 11) is -3.24. The van der Waals surface area contributed by atoms with Crippen molar-refractivity contribution in [2.75, 3.05) is 13.1 Å². The standard InChI is InChI=1S/C12H22N2O3S/c1-12(2,3)18(16,17)14-7-6-10-9(8-14)4-5-11(15)13-10/h9-10H,4-8H2,1-3H3,(H,13,15). The van der Waals surface area contributed by atoms with Gasteiger partial charge in [0.1, 0.15) is 0 Å². The number of fused-ring (bicyclic) bond motifs is 1. The van der Waals surface area contributed by atoms with E-state index >= 15 is 0 Å². The average Bonchev–Trinajstić information content (AvgIpc) is 2.26. The topological polar surface area (TPSA) is 66.5 Å². The quantitative estimate of drug-likeness (QED) is 0.766. The van der Waals surface area contributed by atoms with Gasteiger partial charge < -0.3 is 5.32 Å². The van der Waals surface area contributed by atoms with Gasteiger partial charge in [-0.2, -0.15) is 0 Å². The molecule has 0 radical (unpaired) electrons. The van der Waals surface area contributed by atoms with Crippen molar-refractivity contribution in [3.05, 3.63) is 0 Å². The van der Waals surface area contributed by atoms with Crippen molar-refractivity contribution in [3.63, 3.8) is 0 Å². The maximum absolute atomic E-state index is 12.4. The lowest BCUT2D eigenvalue weighted by Gasteiger charge is -2.42. The van der Waals surface area contributed by atoms with E-state index < -0.39 is 14.8 Å². The van der Waals surface area contributed by atoms with E-state index in [1.54, 1.807) is 25.1 Å². The van der Waals surface area contributed by atoms with Crippen LogP contribution in [0.1, 0.15) is 40.0 Å². The number of amides is 1. The Morgan fingerprint density at radius 3 is 2.56 bits per heavy atom. The van der Waals surface area contributed by atoms with Crippen LogP contribution in [-0.4, -0.2) is 42.5 Å². The number of carbonyl (C=O) groups excluding carboxylic acids is 1. The fraction of sp³-hybridized carbons (Fsp3) is 0.917. The molecular weight excluding hydrogens is 252 g/mol. The van der Waals surface area contributed by atoms with Crippen molar-refractivity contribution in [3.8, 4) is 0 Å². The van der Waals surface area contributed by atoms with Crippen molar-refractivity contribution >= 4 is 15.9 Å². The summed E-state index contributed by atoms with van der Waals surface area (Å²) in [5, 5.41) is 2.97. The van der Waals surface area contributed by atoms with Crippen molar-refractivity contribution in [1.82, 2.24) is 9.62 Å². The molecule has 0 aromatic carbocycles. The van der Waals surface area contributed by atoms with Crippen LogP contribution in [0.5, 0.6) is 0 Å². The first kappa shape index (κ1) is 13.8. The third-order valence-corrected chi connectivity index (χ3v) is 6.46. The summed E-state index contributed by atoms with van der Waals surface area (Å²) < 4.78 is 25.6. The van der Waals surface area contributed by atoms with Gasteiger partial charge in [0, 0.05) is 25.6 Å². The van der Waals surface area contributed by atoms with Gasteiger partial charge in [0.05, 0.1) is 4.75 Å². The van der Waals surface area contributed by atoms with Gasteiger partial charge in [-0.25, -0.2) is 12.7 Å². The fourth-order valence-corrected chi connectivity index (χ4v) is 4.19. The molecule has 2 heterocycles. The van der Waals surface area contributed by atoms with E-state index in [0.29, 0.717) is 19.5 Å². The third kappa shape index (κ3) is 2.40. The molecule has 2 atom stereocenters. The second-order valence-electron chi connectivity index (χ2n) is 6.24. The number of sulfonamides is 1. The predicted octanol–water partition coefficient (Wildman–Crippen LogP) is 0.715. The minimum Gasteiger partial charge on any atom is -0.353 e. The number of hydrogen-bond donors (Lipinski definition) is 1. The second kappa shape index (κ2) is 4.49. The van der Waals surface area contributed by atoms with Crippen LogP contribution in [0.2, 0.25) is 0 Å². The van der Waals surface area contributed by atoms with Crippen molar-refractivity contribution < 1.29 is 13.2 Å². The van der Waals surface area contributed by atoms with Crippen LogP contribution >= 0.6 is 0 Å². The molecule has 2 aliphatic heterocycles. The molecule has 2 unspecified atom stereocenters. The molecular formula is C12H22N2O3S. The van der Waals surface area contributed by atoms with E-state index in [0.717, 1.165) is 12.8 Å². The van der Waals surface area contributed by atoms with Crippen LogP contribution in [-0.2, 0) is 14.8 Å². The molecule has 0 saturated carbocycles. The van der Waals surface area contributed by atoms with Gasteiger partial charge in [-0.15, -0.1) is 0 Å². The summed E-state index contributed by atoms with van der Waals surface area (Å²) in [4.78, 5) is 11.3. The fourth-order valence-electron chi connectivity index (χ4n) is 2.68. The van der Waals surface area contributed by atoms with E-state index in [2.05, 4.69) is 5.32 Å². The predicted molar refractivity (Wildman–Crippen MR) is 69.5 cm³/mol. The van der Waals surface area contributed by atoms with Gasteiger partial charge in [0.2, 0.25) is 15.9 Å². The van der Waals surface area contributed by atoms with Crippen LogP contribution in [0, 0.1) is 5.92 Å². The highest BCUT2D eigenvalue weighted by Gasteiger charge is 2.41. The van der Waals surface area contributed by atoms with E-state index in [4.69, 9.17) is 0 Å². The van der Waals surface area contributed by atoms with Gasteiger partial charge in [-0.3, -0.25) is 4.79 Å². The third-order valence-electron chi connectivity index (χ3n) is 3.90. The molecule has 5 nitrogen and oxygen atoms in total. The van der Waals surface area contributed by atoms with Gasteiger partial charge in [0.15, 0.2) is 0 Å². The number of carbonyl (C=O) groups is 1. The second-order valence-corrected chi connectivity index (χ2v) is 8.93. The Hall–Kier alpha value is -0.620. The first-order valence-electron chi connectivity index (χ1n) is 6.51. The van der Waals surface area contributed by atoms with E-state index in [1.165, 1.54) is 0 Å². The van der Waals surface area contributed by atoms with Crippen molar-refractivity contribution in [2.45, 2.75) is 50.8 Å². The lowest BCUT2D eigenvalue weighted by molar-refractivity contribution is -0.124. The van der Waals surface area contributed by atoms with Gasteiger partial charge in [-0.05, 0) is 39.5 Å². The molecule has 2 fully saturated rings. The maximum Gasteiger partial charge on any atom is 0.220 e. The summed E-state index contributed by atoms with van der Waals surface area (Å²) in [5.41, 5.74) is 0. The molecule has 0 spiro atoms. The maximum atomic E-state index is 12.4. The molecule has 2 saturated heterocycles. The number of nitrogens with zero attached hydrogens (tertiary/aromatic N) is 1. The first-order valence-corrected chi connectivity index (χ1v) is 7.95. The normalized spacial score (nSPS) is 30.7. The van der Waals surface area contributed by atoms with Gasteiger partial charge in [0.25, 0.3) is 0 Å². The van der Waals surface area contributed by atoms with Gasteiger partial charge in [-0.1, -0.05) is 0 Å². The zero-order valence-electron chi connectivity index (χ0n) is 11.3. The van der Waals surface area contributed by atoms with E-state index in [9.17, 15) is 13.2 Å². The zero-order chi connectivity index (χ0) is 13.6. The smallest absolute Gasteiger partial charge is 0.220 e. The SMILES string of the molecule is CC(C)(C)S(=O)(=O)N1CCC2NC(=O)CCC2C1. The average molecular weight is 274 g/mol. The molecule has 0 aromatic rings. The Kier molecular flexibility index (Phi) is 3.44. The van der Waals surface area contributed by atoms with Crippen molar-refractivity contribution in [2.24, 2.45) is 5.92 Å². The Bertz CT molecular complexity index is 439. The molecule has 104 valence electrons. The molecule has 2 aliphatic rings. The summed E-state index contributed by atoms with van der Waals surface area (Å²) in [5.74, 6) is 0.372. The highest BCUT2D eigenvalue weighted by molar-refractivity contribution is 7.90. The van der Waals surface area contributed by atoms with Gasteiger partial charge >= 0.3 is 0 Å². The van der Waals surface area contributed by atoms with E-state index in [1.807, 2.05) is 0 Å². The Morgan fingerprint density at radius 1 is 1.28 bits per heavy atom. The first-order chi connectivity index (χ1) is 8.22. The van der Waals surface area contributed by atoms with Crippen LogP contribution in [0.25, 0.3) is 0 Å². The largest absolute Gasteiger partial charge is 0.353 e. The number of hydrogen-bond acceptors (Lipinski definition) is 3. The van der Waals surface area contributed by atoms with Crippen LogP contribution in [0.3, 0.4) is 0 Å². The molecule has 1 amide bonds. The lowest BCUT2D eigenvalue weighted by Crippen LogP contribution is -2.57. The minimum atomic E-state index is -3.24. The summed E-state index contributed by atoms with van der Waals surface area (Å²) in [6.45, 7) is 6.26. The lowest BCUT2D eigenvalue weighted by atomic mass is 9.86. The van der Waals surface area contributed by atoms with Crippen LogP contribution in [0.4, 0.5) is 0 Å². The molecule has 0 aromatic heterocycles. The molecule has 0 bridgehead atoms. The number of nitrogens with one attached hydrogen (secondary N) is 1. The van der Waals surface area contributed by atoms with E-state index in [-0.39, 0.29) is 17.9 Å². The highest BCUT2D eigenvalue weighted by atomic mass is 32.2. The summed E-state index contributed by atoms with van der Waals surface area (Å²) in [6.07, 6.45) is 2.04. The van der Waals surface area contributed by atoms with Crippen LogP contribution in [0.15, 0.2) is 0 Å². The Labute approximate surface area is 109 Å². The molecule has 0 aliphatic carbocycles. The zero-order valence-corrected chi connectivity index (χ0v) is 12.1. The Morgan fingerprint density at radius 2 is 1.94 bits per heavy atom. The molecule has 18 heavy (non-hydrogen) atoms. The molecule has 6 heteroatoms.